The summed E-state index contributed by atoms with van der Waals surface area (Å²) in [7, 11) is -3.50. The largest absolute Gasteiger partial charge is 0.370 e. The van der Waals surface area contributed by atoms with E-state index in [4.69, 9.17) is 11.5 Å². The van der Waals surface area contributed by atoms with E-state index in [0.29, 0.717) is 17.5 Å². The van der Waals surface area contributed by atoms with Gasteiger partial charge in [-0.3, -0.25) is 4.79 Å². The number of sulfone groups is 1. The Bertz CT molecular complexity index is 774. The summed E-state index contributed by atoms with van der Waals surface area (Å²) < 4.78 is 24.2. The fourth-order valence-electron chi connectivity index (χ4n) is 2.11. The third kappa shape index (κ3) is 4.92. The number of nitrogens with zero attached hydrogens (tertiary/aromatic N) is 1. The molecule has 0 saturated carbocycles. The second-order valence-corrected chi connectivity index (χ2v) is 7.34. The molecule has 6 nitrogen and oxygen atoms in total. The van der Waals surface area contributed by atoms with Crippen LogP contribution < -0.4 is 11.5 Å². The number of carbonyl (C=O) groups is 1. The van der Waals surface area contributed by atoms with Gasteiger partial charge in [-0.05, 0) is 43.0 Å². The standard InChI is InChI=1S/C16H23N3O3S/c1-5-10(3)7-12-8-11(6-2)13(15(20)19-16(17)18)9-14(12)23(4,21)22/h7-9H,5-6H2,1-4H3,(H4,17,18,19,20)/b10-7+. The Hall–Kier alpha value is -2.15. The SMILES string of the molecule is CC/C(C)=C/c1cc(CC)c(C(=O)N=C(N)N)cc1S(C)(=O)=O. The number of hydrogen-bond acceptors (Lipinski definition) is 3. The highest BCUT2D eigenvalue weighted by Crippen LogP contribution is 2.25. The van der Waals surface area contributed by atoms with E-state index in [0.717, 1.165) is 18.2 Å². The molecule has 1 aromatic carbocycles. The van der Waals surface area contributed by atoms with Crippen LogP contribution in [0.1, 0.15) is 48.7 Å². The molecule has 0 aliphatic heterocycles. The molecule has 0 atom stereocenters. The van der Waals surface area contributed by atoms with E-state index >= 15 is 0 Å². The number of rotatable bonds is 5. The predicted molar refractivity (Wildman–Crippen MR) is 93.0 cm³/mol. The number of amides is 1. The summed E-state index contributed by atoms with van der Waals surface area (Å²) in [4.78, 5) is 15.7. The third-order valence-electron chi connectivity index (χ3n) is 3.44. The van der Waals surface area contributed by atoms with Crippen molar-refractivity contribution >= 4 is 27.8 Å². The zero-order valence-electron chi connectivity index (χ0n) is 13.9. The van der Waals surface area contributed by atoms with E-state index in [1.54, 1.807) is 6.07 Å². The van der Waals surface area contributed by atoms with Crippen LogP contribution in [0, 0.1) is 0 Å². The minimum absolute atomic E-state index is 0.0941. The molecule has 1 rings (SSSR count). The fraction of sp³-hybridized carbons (Fsp3) is 0.375. The van der Waals surface area contributed by atoms with Crippen LogP contribution in [0.2, 0.25) is 0 Å². The van der Waals surface area contributed by atoms with Crippen LogP contribution in [-0.4, -0.2) is 26.5 Å². The first-order chi connectivity index (χ1) is 10.6. The topological polar surface area (TPSA) is 116 Å². The molecule has 0 saturated heterocycles. The zero-order chi connectivity index (χ0) is 17.8. The van der Waals surface area contributed by atoms with Gasteiger partial charge in [-0.2, -0.15) is 4.99 Å². The van der Waals surface area contributed by atoms with Crippen molar-refractivity contribution in [2.24, 2.45) is 16.5 Å². The Labute approximate surface area is 137 Å². The molecule has 0 aromatic heterocycles. The highest BCUT2D eigenvalue weighted by Gasteiger charge is 2.19. The van der Waals surface area contributed by atoms with Crippen LogP contribution in [0.3, 0.4) is 0 Å². The summed E-state index contributed by atoms with van der Waals surface area (Å²) in [6.45, 7) is 5.79. The maximum Gasteiger partial charge on any atom is 0.280 e. The van der Waals surface area contributed by atoms with E-state index < -0.39 is 15.7 Å². The molecule has 0 bridgehead atoms. The summed E-state index contributed by atoms with van der Waals surface area (Å²) in [5.41, 5.74) is 13.0. The average Bonchev–Trinajstić information content (AvgIpc) is 2.44. The van der Waals surface area contributed by atoms with Gasteiger partial charge >= 0.3 is 0 Å². The lowest BCUT2D eigenvalue weighted by Gasteiger charge is -2.12. The van der Waals surface area contributed by atoms with Crippen molar-refractivity contribution in [2.75, 3.05) is 6.26 Å². The van der Waals surface area contributed by atoms with Gasteiger partial charge in [-0.15, -0.1) is 0 Å². The van der Waals surface area contributed by atoms with E-state index in [2.05, 4.69) is 4.99 Å². The van der Waals surface area contributed by atoms with Gasteiger partial charge < -0.3 is 11.5 Å². The van der Waals surface area contributed by atoms with Gasteiger partial charge in [0.15, 0.2) is 15.8 Å². The number of allylic oxidation sites excluding steroid dienone is 1. The molecule has 0 unspecified atom stereocenters. The molecule has 0 aliphatic carbocycles. The number of aryl methyl sites for hydroxylation is 1. The third-order valence-corrected chi connectivity index (χ3v) is 4.59. The van der Waals surface area contributed by atoms with Crippen LogP contribution in [0.5, 0.6) is 0 Å². The molecule has 126 valence electrons. The Kier molecular flexibility index (Phi) is 6.09. The molecule has 1 amide bonds. The second kappa shape index (κ2) is 7.41. The number of benzene rings is 1. The van der Waals surface area contributed by atoms with Gasteiger partial charge in [0, 0.05) is 11.8 Å². The van der Waals surface area contributed by atoms with Gasteiger partial charge in [0.25, 0.3) is 5.91 Å². The molecule has 7 heteroatoms. The van der Waals surface area contributed by atoms with Crippen molar-refractivity contribution in [3.63, 3.8) is 0 Å². The van der Waals surface area contributed by atoms with Gasteiger partial charge in [0.2, 0.25) is 0 Å². The minimum Gasteiger partial charge on any atom is -0.370 e. The molecule has 0 radical (unpaired) electrons. The molecule has 0 fully saturated rings. The summed E-state index contributed by atoms with van der Waals surface area (Å²) in [5.74, 6) is -1.00. The quantitative estimate of drug-likeness (QED) is 0.628. The molecular formula is C16H23N3O3S. The highest BCUT2D eigenvalue weighted by atomic mass is 32.2. The molecule has 0 heterocycles. The number of hydrogen-bond donors (Lipinski definition) is 2. The average molecular weight is 337 g/mol. The molecule has 0 aliphatic rings. The first kappa shape index (κ1) is 18.9. The van der Waals surface area contributed by atoms with Crippen LogP contribution in [-0.2, 0) is 16.3 Å². The summed E-state index contributed by atoms with van der Waals surface area (Å²) in [5, 5.41) is 0. The van der Waals surface area contributed by atoms with Gasteiger partial charge in [-0.1, -0.05) is 25.5 Å². The lowest BCUT2D eigenvalue weighted by molar-refractivity contribution is 0.100. The van der Waals surface area contributed by atoms with Crippen LogP contribution in [0.4, 0.5) is 0 Å². The fourth-order valence-corrected chi connectivity index (χ4v) is 2.99. The first-order valence-corrected chi connectivity index (χ1v) is 9.17. The number of nitrogens with two attached hydrogens (primary N) is 2. The Balaban J connectivity index is 3.71. The van der Waals surface area contributed by atoms with Gasteiger partial charge in [0.05, 0.1) is 4.90 Å². The minimum atomic E-state index is -3.50. The van der Waals surface area contributed by atoms with Crippen LogP contribution in [0.25, 0.3) is 6.08 Å². The number of aliphatic imine (C=N–C) groups is 1. The van der Waals surface area contributed by atoms with Crippen molar-refractivity contribution < 1.29 is 13.2 Å². The Morgan fingerprint density at radius 1 is 1.26 bits per heavy atom. The predicted octanol–water partition coefficient (Wildman–Crippen LogP) is 1.88. The highest BCUT2D eigenvalue weighted by molar-refractivity contribution is 7.90. The van der Waals surface area contributed by atoms with Crippen molar-refractivity contribution in [3.05, 3.63) is 34.4 Å². The Morgan fingerprint density at radius 3 is 2.30 bits per heavy atom. The Morgan fingerprint density at radius 2 is 1.87 bits per heavy atom. The molecule has 0 spiro atoms. The maximum atomic E-state index is 12.1. The van der Waals surface area contributed by atoms with Gasteiger partial charge in [0.1, 0.15) is 0 Å². The van der Waals surface area contributed by atoms with Crippen LogP contribution in [0.15, 0.2) is 27.6 Å². The maximum absolute atomic E-state index is 12.1. The smallest absolute Gasteiger partial charge is 0.280 e. The molecule has 23 heavy (non-hydrogen) atoms. The van der Waals surface area contributed by atoms with Crippen molar-refractivity contribution in [2.45, 2.75) is 38.5 Å². The van der Waals surface area contributed by atoms with E-state index in [9.17, 15) is 13.2 Å². The second-order valence-electron chi connectivity index (χ2n) is 5.36. The first-order valence-electron chi connectivity index (χ1n) is 7.28. The molecule has 4 N–H and O–H groups in total. The van der Waals surface area contributed by atoms with Crippen LogP contribution >= 0.6 is 0 Å². The van der Waals surface area contributed by atoms with E-state index in [-0.39, 0.29) is 16.4 Å². The van der Waals surface area contributed by atoms with E-state index in [1.165, 1.54) is 6.07 Å². The summed E-state index contributed by atoms with van der Waals surface area (Å²) in [6, 6.07) is 3.07. The molecule has 1 aromatic rings. The zero-order valence-corrected chi connectivity index (χ0v) is 14.7. The summed E-state index contributed by atoms with van der Waals surface area (Å²) in [6.07, 6.45) is 4.29. The van der Waals surface area contributed by atoms with Gasteiger partial charge in [-0.25, -0.2) is 8.42 Å². The number of guanidine groups is 1. The normalized spacial score (nSPS) is 12.1. The lowest BCUT2D eigenvalue weighted by Crippen LogP contribution is -2.24. The van der Waals surface area contributed by atoms with Crippen molar-refractivity contribution in [1.82, 2.24) is 0 Å². The van der Waals surface area contributed by atoms with Crippen molar-refractivity contribution in [3.8, 4) is 0 Å². The lowest BCUT2D eigenvalue weighted by atomic mass is 9.99. The summed E-state index contributed by atoms with van der Waals surface area (Å²) >= 11 is 0. The molecular weight excluding hydrogens is 314 g/mol. The number of carbonyl (C=O) groups excluding carboxylic acids is 1. The van der Waals surface area contributed by atoms with E-state index in [1.807, 2.05) is 26.8 Å². The van der Waals surface area contributed by atoms with Crippen molar-refractivity contribution in [1.29, 1.82) is 0 Å². The monoisotopic (exact) mass is 337 g/mol.